The summed E-state index contributed by atoms with van der Waals surface area (Å²) < 4.78 is 0. The van der Waals surface area contributed by atoms with Crippen molar-refractivity contribution in [3.05, 3.63) is 0 Å². The number of nitrogens with zero attached hydrogens (tertiary/aromatic N) is 2. The topological polar surface area (TPSA) is 49.6 Å². The summed E-state index contributed by atoms with van der Waals surface area (Å²) in [6, 6.07) is 0.452. The second kappa shape index (κ2) is 5.17. The van der Waals surface area contributed by atoms with Crippen molar-refractivity contribution in [3.63, 3.8) is 0 Å². The van der Waals surface area contributed by atoms with Crippen LogP contribution in [0.4, 0.5) is 0 Å². The van der Waals surface area contributed by atoms with E-state index in [2.05, 4.69) is 30.6 Å². The minimum absolute atomic E-state index is 0.250. The van der Waals surface area contributed by atoms with Crippen LogP contribution in [-0.4, -0.2) is 53.5 Å². The maximum absolute atomic E-state index is 12.0. The first-order valence-corrected chi connectivity index (χ1v) is 7.16. The Kier molecular flexibility index (Phi) is 3.97. The lowest BCUT2D eigenvalue weighted by molar-refractivity contribution is -0.130. The number of likely N-dealkylation sites (tertiary alicyclic amines) is 2. The highest BCUT2D eigenvalue weighted by atomic mass is 16.2. The van der Waals surface area contributed by atoms with Crippen molar-refractivity contribution in [1.82, 2.24) is 9.80 Å². The minimum atomic E-state index is 0.250. The molecule has 1 unspecified atom stereocenters. The van der Waals surface area contributed by atoms with Crippen LogP contribution in [0.15, 0.2) is 0 Å². The summed E-state index contributed by atoms with van der Waals surface area (Å²) >= 11 is 0. The Morgan fingerprint density at radius 2 is 1.89 bits per heavy atom. The lowest BCUT2D eigenvalue weighted by Crippen LogP contribution is -2.51. The van der Waals surface area contributed by atoms with Gasteiger partial charge in [0.05, 0.1) is 0 Å². The number of hydrogen-bond donors (Lipinski definition) is 1. The molecule has 0 saturated carbocycles. The van der Waals surface area contributed by atoms with Gasteiger partial charge in [-0.05, 0) is 46.1 Å². The fourth-order valence-corrected chi connectivity index (χ4v) is 3.17. The van der Waals surface area contributed by atoms with Crippen LogP contribution in [0.3, 0.4) is 0 Å². The van der Waals surface area contributed by atoms with E-state index in [1.807, 2.05) is 0 Å². The maximum atomic E-state index is 12.0. The van der Waals surface area contributed by atoms with Crippen LogP contribution in [0.25, 0.3) is 0 Å². The molecule has 0 aliphatic carbocycles. The van der Waals surface area contributed by atoms with Crippen molar-refractivity contribution in [1.29, 1.82) is 0 Å². The number of carbonyl (C=O) groups excluding carboxylic acids is 1. The molecule has 2 rings (SSSR count). The van der Waals surface area contributed by atoms with Gasteiger partial charge in [0.15, 0.2) is 0 Å². The fourth-order valence-electron chi connectivity index (χ4n) is 3.17. The van der Waals surface area contributed by atoms with Gasteiger partial charge in [0.1, 0.15) is 0 Å². The van der Waals surface area contributed by atoms with E-state index in [1.54, 1.807) is 0 Å². The molecule has 2 aliphatic rings. The molecule has 0 aromatic carbocycles. The third-order valence-corrected chi connectivity index (χ3v) is 4.43. The Morgan fingerprint density at radius 1 is 1.28 bits per heavy atom. The molecule has 2 N–H and O–H groups in total. The van der Waals surface area contributed by atoms with Crippen LogP contribution in [0.2, 0.25) is 0 Å². The van der Waals surface area contributed by atoms with Gasteiger partial charge in [-0.1, -0.05) is 0 Å². The highest BCUT2D eigenvalue weighted by molar-refractivity contribution is 5.79. The van der Waals surface area contributed by atoms with Crippen molar-refractivity contribution >= 4 is 5.91 Å². The van der Waals surface area contributed by atoms with Gasteiger partial charge in [0.2, 0.25) is 5.91 Å². The molecule has 0 spiro atoms. The monoisotopic (exact) mass is 253 g/mol. The van der Waals surface area contributed by atoms with Gasteiger partial charge in [0, 0.05) is 37.6 Å². The second-order valence-corrected chi connectivity index (χ2v) is 6.74. The normalized spacial score (nSPS) is 28.1. The number of carbonyl (C=O) groups is 1. The van der Waals surface area contributed by atoms with E-state index in [9.17, 15) is 4.79 Å². The summed E-state index contributed by atoms with van der Waals surface area (Å²) in [6.45, 7) is 10.5. The summed E-state index contributed by atoms with van der Waals surface area (Å²) in [4.78, 5) is 16.6. The average Bonchev–Trinajstić information content (AvgIpc) is 2.70. The van der Waals surface area contributed by atoms with Crippen LogP contribution < -0.4 is 5.73 Å². The lowest BCUT2D eigenvalue weighted by atomic mass is 9.97. The van der Waals surface area contributed by atoms with Gasteiger partial charge in [-0.2, -0.15) is 0 Å². The Balaban J connectivity index is 1.89. The summed E-state index contributed by atoms with van der Waals surface area (Å²) in [5.74, 6) is 0.706. The third kappa shape index (κ3) is 2.86. The smallest absolute Gasteiger partial charge is 0.223 e. The summed E-state index contributed by atoms with van der Waals surface area (Å²) in [5, 5.41) is 0. The van der Waals surface area contributed by atoms with Crippen LogP contribution in [0.5, 0.6) is 0 Å². The first kappa shape index (κ1) is 13.8. The maximum Gasteiger partial charge on any atom is 0.223 e. The molecule has 104 valence electrons. The molecule has 2 saturated heterocycles. The molecule has 4 heteroatoms. The fraction of sp³-hybridized carbons (Fsp3) is 0.929. The van der Waals surface area contributed by atoms with Crippen LogP contribution in [0, 0.1) is 5.92 Å². The summed E-state index contributed by atoms with van der Waals surface area (Å²) in [5.41, 5.74) is 5.93. The third-order valence-electron chi connectivity index (χ3n) is 4.43. The molecule has 0 aromatic heterocycles. The highest BCUT2D eigenvalue weighted by Gasteiger charge is 2.36. The summed E-state index contributed by atoms with van der Waals surface area (Å²) in [7, 11) is 0. The lowest BCUT2D eigenvalue weighted by Gasteiger charge is -2.43. The Bertz CT molecular complexity index is 303. The first-order chi connectivity index (χ1) is 8.41. The molecule has 0 bridgehead atoms. The largest absolute Gasteiger partial charge is 0.339 e. The SMILES string of the molecule is CC(C)(C)N1CCC(N2CC(CN)CC2=O)CC1. The predicted molar refractivity (Wildman–Crippen MR) is 73.2 cm³/mol. The zero-order valence-corrected chi connectivity index (χ0v) is 12.0. The first-order valence-electron chi connectivity index (χ1n) is 7.16. The number of nitrogens with two attached hydrogens (primary N) is 1. The van der Waals surface area contributed by atoms with Crippen LogP contribution >= 0.6 is 0 Å². The summed E-state index contributed by atoms with van der Waals surface area (Å²) in [6.07, 6.45) is 2.89. The molecular formula is C14H27N3O. The van der Waals surface area contributed by atoms with Crippen molar-refractivity contribution in [3.8, 4) is 0 Å². The molecule has 2 aliphatic heterocycles. The Labute approximate surface area is 110 Å². The van der Waals surface area contributed by atoms with E-state index < -0.39 is 0 Å². The molecule has 2 heterocycles. The Morgan fingerprint density at radius 3 is 2.33 bits per heavy atom. The van der Waals surface area contributed by atoms with E-state index in [-0.39, 0.29) is 5.54 Å². The molecule has 0 radical (unpaired) electrons. The quantitative estimate of drug-likeness (QED) is 0.800. The van der Waals surface area contributed by atoms with Crippen LogP contribution in [0.1, 0.15) is 40.0 Å². The van der Waals surface area contributed by atoms with E-state index in [0.717, 1.165) is 32.5 Å². The van der Waals surface area contributed by atoms with Crippen molar-refractivity contribution in [2.45, 2.75) is 51.6 Å². The molecule has 0 aromatic rings. The molecular weight excluding hydrogens is 226 g/mol. The van der Waals surface area contributed by atoms with Gasteiger partial charge in [-0.15, -0.1) is 0 Å². The molecule has 1 atom stereocenters. The van der Waals surface area contributed by atoms with Gasteiger partial charge < -0.3 is 10.6 Å². The zero-order chi connectivity index (χ0) is 13.3. The standard InChI is InChI=1S/C14H27N3O/c1-14(2,3)16-6-4-12(5-7-16)17-10-11(9-15)8-13(17)18/h11-12H,4-10,15H2,1-3H3. The van der Waals surface area contributed by atoms with E-state index in [4.69, 9.17) is 5.73 Å². The minimum Gasteiger partial charge on any atom is -0.339 e. The molecule has 1 amide bonds. The van der Waals surface area contributed by atoms with Gasteiger partial charge >= 0.3 is 0 Å². The number of hydrogen-bond acceptors (Lipinski definition) is 3. The van der Waals surface area contributed by atoms with Gasteiger partial charge in [-0.3, -0.25) is 9.69 Å². The number of piperidine rings is 1. The van der Waals surface area contributed by atoms with E-state index in [1.165, 1.54) is 0 Å². The van der Waals surface area contributed by atoms with Crippen molar-refractivity contribution in [2.24, 2.45) is 11.7 Å². The Hall–Kier alpha value is -0.610. The van der Waals surface area contributed by atoms with Crippen molar-refractivity contribution < 1.29 is 4.79 Å². The van der Waals surface area contributed by atoms with Crippen molar-refractivity contribution in [2.75, 3.05) is 26.2 Å². The highest BCUT2D eigenvalue weighted by Crippen LogP contribution is 2.27. The molecule has 2 fully saturated rings. The number of amides is 1. The second-order valence-electron chi connectivity index (χ2n) is 6.74. The van der Waals surface area contributed by atoms with E-state index in [0.29, 0.717) is 30.8 Å². The van der Waals surface area contributed by atoms with Crippen LogP contribution in [-0.2, 0) is 4.79 Å². The molecule has 18 heavy (non-hydrogen) atoms. The average molecular weight is 253 g/mol. The van der Waals surface area contributed by atoms with E-state index >= 15 is 0 Å². The van der Waals surface area contributed by atoms with Gasteiger partial charge in [0.25, 0.3) is 0 Å². The zero-order valence-electron chi connectivity index (χ0n) is 12.0. The van der Waals surface area contributed by atoms with Gasteiger partial charge in [-0.25, -0.2) is 0 Å². The number of rotatable bonds is 2. The predicted octanol–water partition coefficient (Wildman–Crippen LogP) is 1.06. The molecule has 4 nitrogen and oxygen atoms in total.